The van der Waals surface area contributed by atoms with Gasteiger partial charge in [0, 0.05) is 31.9 Å². The molecule has 1 amide bonds. The molecule has 1 aromatic heterocycles. The lowest BCUT2D eigenvalue weighted by atomic mass is 10.1. The number of rotatable bonds is 6. The lowest BCUT2D eigenvalue weighted by Gasteiger charge is -2.38. The Labute approximate surface area is 219 Å². The molecule has 0 atom stereocenters. The minimum atomic E-state index is -5.08. The summed E-state index contributed by atoms with van der Waals surface area (Å²) in [5.74, 6) is -3.19. The Morgan fingerprint density at radius 3 is 2.05 bits per heavy atom. The van der Waals surface area contributed by atoms with Crippen molar-refractivity contribution >= 4 is 46.2 Å². The first-order valence-corrected chi connectivity index (χ1v) is 12.0. The fourth-order valence-corrected chi connectivity index (χ4v) is 4.36. The molecule has 4 rings (SSSR count). The second-order valence-corrected chi connectivity index (χ2v) is 8.87. The van der Waals surface area contributed by atoms with Gasteiger partial charge >= 0.3 is 18.1 Å². The largest absolute Gasteiger partial charge is 0.495 e. The van der Waals surface area contributed by atoms with Crippen LogP contribution in [0, 0.1) is 0 Å². The van der Waals surface area contributed by atoms with Gasteiger partial charge in [-0.3, -0.25) is 4.79 Å². The molecule has 1 fully saturated rings. The summed E-state index contributed by atoms with van der Waals surface area (Å²) in [6.07, 6.45) is -5.08. The Morgan fingerprint density at radius 2 is 1.53 bits per heavy atom. The number of para-hydroxylation sites is 2. The van der Waals surface area contributed by atoms with Crippen LogP contribution < -0.4 is 19.9 Å². The standard InChI is InChI=1S/C23H23N3O4S.C2HF3O2/c1-30-20-6-3-2-5-19(20)26-12-10-25(11-13-26)18-9-8-16(15-17(18)23(28)29)24-22(27)21-7-4-14-31-21;3-2(4,5)1(6)7/h2-9,14-15H,10-13H2,1H3,(H,24,27)(H,28,29);(H,6,7). The number of nitrogens with zero attached hydrogens (tertiary/aromatic N) is 2. The van der Waals surface area contributed by atoms with Gasteiger partial charge in [-0.25, -0.2) is 9.59 Å². The van der Waals surface area contributed by atoms with Gasteiger partial charge in [0.05, 0.1) is 28.9 Å². The summed E-state index contributed by atoms with van der Waals surface area (Å²) in [5, 5.41) is 21.5. The molecule has 202 valence electrons. The Morgan fingerprint density at radius 1 is 0.921 bits per heavy atom. The second-order valence-electron chi connectivity index (χ2n) is 7.92. The summed E-state index contributed by atoms with van der Waals surface area (Å²) in [5.41, 5.74) is 2.33. The number of piperazine rings is 1. The number of amides is 1. The fraction of sp³-hybridized carbons (Fsp3) is 0.240. The monoisotopic (exact) mass is 551 g/mol. The Bertz CT molecular complexity index is 1280. The van der Waals surface area contributed by atoms with Gasteiger partial charge in [0.1, 0.15) is 5.75 Å². The number of halogens is 3. The number of ether oxygens (including phenoxy) is 1. The Hall–Kier alpha value is -4.26. The van der Waals surface area contributed by atoms with Gasteiger partial charge in [-0.2, -0.15) is 13.2 Å². The fourth-order valence-electron chi connectivity index (χ4n) is 3.74. The topological polar surface area (TPSA) is 119 Å². The molecule has 0 aliphatic carbocycles. The maximum Gasteiger partial charge on any atom is 0.490 e. The van der Waals surface area contributed by atoms with Crippen LogP contribution in [-0.2, 0) is 4.79 Å². The van der Waals surface area contributed by atoms with E-state index in [-0.39, 0.29) is 11.5 Å². The molecule has 3 N–H and O–H groups in total. The third-order valence-corrected chi connectivity index (χ3v) is 6.39. The molecule has 38 heavy (non-hydrogen) atoms. The highest BCUT2D eigenvalue weighted by Gasteiger charge is 2.38. The van der Waals surface area contributed by atoms with Crippen molar-refractivity contribution in [1.29, 1.82) is 0 Å². The molecule has 3 aromatic rings. The summed E-state index contributed by atoms with van der Waals surface area (Å²) < 4.78 is 37.2. The number of hydrogen-bond donors (Lipinski definition) is 3. The number of carboxylic acids is 2. The highest BCUT2D eigenvalue weighted by atomic mass is 32.1. The molecule has 0 bridgehead atoms. The summed E-state index contributed by atoms with van der Waals surface area (Å²) in [7, 11) is 1.66. The number of hydrogen-bond acceptors (Lipinski definition) is 7. The Kier molecular flexibility index (Phi) is 9.18. The number of nitrogens with one attached hydrogen (secondary N) is 1. The van der Waals surface area contributed by atoms with Crippen molar-refractivity contribution in [2.75, 3.05) is 48.4 Å². The van der Waals surface area contributed by atoms with Gasteiger partial charge < -0.3 is 30.1 Å². The average molecular weight is 552 g/mol. The number of benzene rings is 2. The number of methoxy groups -OCH3 is 1. The lowest BCUT2D eigenvalue weighted by Crippen LogP contribution is -2.47. The minimum Gasteiger partial charge on any atom is -0.495 e. The molecule has 0 unspecified atom stereocenters. The van der Waals surface area contributed by atoms with Crippen LogP contribution in [0.2, 0.25) is 0 Å². The lowest BCUT2D eigenvalue weighted by molar-refractivity contribution is -0.192. The van der Waals surface area contributed by atoms with Crippen LogP contribution >= 0.6 is 11.3 Å². The highest BCUT2D eigenvalue weighted by Crippen LogP contribution is 2.31. The summed E-state index contributed by atoms with van der Waals surface area (Å²) in [6.45, 7) is 2.85. The number of carbonyl (C=O) groups is 3. The maximum atomic E-state index is 12.3. The number of carbonyl (C=O) groups excluding carboxylic acids is 1. The van der Waals surface area contributed by atoms with E-state index in [2.05, 4.69) is 15.1 Å². The maximum absolute atomic E-state index is 12.3. The van der Waals surface area contributed by atoms with Crippen LogP contribution in [0.4, 0.5) is 30.2 Å². The summed E-state index contributed by atoms with van der Waals surface area (Å²) >= 11 is 1.34. The second kappa shape index (κ2) is 12.3. The van der Waals surface area contributed by atoms with Crippen molar-refractivity contribution in [3.8, 4) is 5.75 Å². The average Bonchev–Trinajstić information content (AvgIpc) is 3.44. The Balaban J connectivity index is 0.000000505. The van der Waals surface area contributed by atoms with Gasteiger partial charge in [-0.15, -0.1) is 11.3 Å². The predicted molar refractivity (Wildman–Crippen MR) is 137 cm³/mol. The van der Waals surface area contributed by atoms with E-state index in [0.29, 0.717) is 29.3 Å². The van der Waals surface area contributed by atoms with Crippen molar-refractivity contribution in [2.45, 2.75) is 6.18 Å². The van der Waals surface area contributed by atoms with Crippen molar-refractivity contribution in [3.63, 3.8) is 0 Å². The summed E-state index contributed by atoms with van der Waals surface area (Å²) in [6, 6.07) is 16.5. The zero-order chi connectivity index (χ0) is 27.9. The number of aliphatic carboxylic acids is 1. The van der Waals surface area contributed by atoms with Crippen LogP contribution in [0.1, 0.15) is 20.0 Å². The van der Waals surface area contributed by atoms with Gasteiger partial charge in [-0.1, -0.05) is 18.2 Å². The molecular weight excluding hydrogens is 527 g/mol. The van der Waals surface area contributed by atoms with Crippen LogP contribution in [0.15, 0.2) is 60.0 Å². The van der Waals surface area contributed by atoms with Crippen molar-refractivity contribution < 1.29 is 42.5 Å². The number of alkyl halides is 3. The van der Waals surface area contributed by atoms with E-state index < -0.39 is 18.1 Å². The minimum absolute atomic E-state index is 0.176. The SMILES string of the molecule is COc1ccccc1N1CCN(c2ccc(NC(=O)c3cccs3)cc2C(=O)O)CC1.O=C(O)C(F)(F)F. The van der Waals surface area contributed by atoms with Crippen LogP contribution in [0.25, 0.3) is 0 Å². The van der Waals surface area contributed by atoms with E-state index in [1.165, 1.54) is 17.4 Å². The molecule has 1 aliphatic rings. The normalized spacial score (nSPS) is 13.3. The first-order valence-electron chi connectivity index (χ1n) is 11.2. The van der Waals surface area contributed by atoms with Crippen LogP contribution in [-0.4, -0.2) is 67.5 Å². The van der Waals surface area contributed by atoms with E-state index in [9.17, 15) is 27.9 Å². The molecular formula is C25H24F3N3O6S. The third-order valence-electron chi connectivity index (χ3n) is 5.52. The number of aromatic carboxylic acids is 1. The van der Waals surface area contributed by atoms with E-state index in [4.69, 9.17) is 14.6 Å². The molecule has 9 nitrogen and oxygen atoms in total. The highest BCUT2D eigenvalue weighted by molar-refractivity contribution is 7.12. The van der Waals surface area contributed by atoms with E-state index in [1.807, 2.05) is 29.6 Å². The number of thiophene rings is 1. The third kappa shape index (κ3) is 7.16. The molecule has 0 spiro atoms. The zero-order valence-electron chi connectivity index (χ0n) is 20.1. The van der Waals surface area contributed by atoms with Gasteiger partial charge in [0.15, 0.2) is 0 Å². The number of anilines is 3. The van der Waals surface area contributed by atoms with Crippen LogP contribution in [0.3, 0.4) is 0 Å². The molecule has 1 saturated heterocycles. The van der Waals surface area contributed by atoms with Gasteiger partial charge in [0.25, 0.3) is 5.91 Å². The quantitative estimate of drug-likeness (QED) is 0.405. The summed E-state index contributed by atoms with van der Waals surface area (Å²) in [4.78, 5) is 38.0. The van der Waals surface area contributed by atoms with E-state index in [1.54, 1.807) is 31.4 Å². The zero-order valence-corrected chi connectivity index (χ0v) is 20.9. The van der Waals surface area contributed by atoms with Gasteiger partial charge in [-0.05, 0) is 41.8 Å². The first kappa shape index (κ1) is 28.3. The smallest absolute Gasteiger partial charge is 0.490 e. The molecule has 0 saturated carbocycles. The van der Waals surface area contributed by atoms with Crippen LogP contribution in [0.5, 0.6) is 5.75 Å². The molecule has 13 heteroatoms. The van der Waals surface area contributed by atoms with E-state index >= 15 is 0 Å². The van der Waals surface area contributed by atoms with Crippen molar-refractivity contribution in [3.05, 3.63) is 70.4 Å². The van der Waals surface area contributed by atoms with Crippen molar-refractivity contribution in [1.82, 2.24) is 0 Å². The predicted octanol–water partition coefficient (Wildman–Crippen LogP) is 4.67. The van der Waals surface area contributed by atoms with Crippen molar-refractivity contribution in [2.24, 2.45) is 0 Å². The molecule has 2 heterocycles. The molecule has 0 radical (unpaired) electrons. The van der Waals surface area contributed by atoms with E-state index in [0.717, 1.165) is 24.5 Å². The first-order chi connectivity index (χ1) is 18.0. The molecule has 1 aliphatic heterocycles. The number of carboxylic acid groups (broad SMARTS) is 2. The van der Waals surface area contributed by atoms with Gasteiger partial charge in [0.2, 0.25) is 0 Å². The molecule has 2 aromatic carbocycles.